The number of rotatable bonds is 6. The molecule has 1 rings (SSSR count). The SMILES string of the molecule is CC(CCNCc1cc(F)cc(C#N)c1)S(C)=O. The quantitative estimate of drug-likeness (QED) is 0.802. The van der Waals surface area contributed by atoms with Crippen LogP contribution >= 0.6 is 0 Å². The molecule has 0 aromatic heterocycles. The zero-order valence-electron chi connectivity index (χ0n) is 10.6. The van der Waals surface area contributed by atoms with Crippen LogP contribution in [-0.2, 0) is 17.3 Å². The lowest BCUT2D eigenvalue weighted by atomic mass is 10.1. The number of hydrogen-bond acceptors (Lipinski definition) is 3. The van der Waals surface area contributed by atoms with E-state index in [1.165, 1.54) is 12.1 Å². The van der Waals surface area contributed by atoms with E-state index in [0.717, 1.165) is 18.5 Å². The summed E-state index contributed by atoms with van der Waals surface area (Å²) >= 11 is 0. The third-order valence-corrected chi connectivity index (χ3v) is 4.08. The minimum Gasteiger partial charge on any atom is -0.313 e. The van der Waals surface area contributed by atoms with E-state index in [9.17, 15) is 8.60 Å². The second-order valence-electron chi connectivity index (χ2n) is 4.23. The van der Waals surface area contributed by atoms with Crippen molar-refractivity contribution < 1.29 is 8.60 Å². The third-order valence-electron chi connectivity index (χ3n) is 2.71. The Hall–Kier alpha value is -1.25. The van der Waals surface area contributed by atoms with E-state index < -0.39 is 16.6 Å². The summed E-state index contributed by atoms with van der Waals surface area (Å²) in [5.74, 6) is -0.395. The maximum atomic E-state index is 13.1. The molecule has 1 aromatic rings. The fourth-order valence-corrected chi connectivity index (χ4v) is 1.97. The molecule has 1 N–H and O–H groups in total. The summed E-state index contributed by atoms with van der Waals surface area (Å²) in [7, 11) is -0.810. The van der Waals surface area contributed by atoms with Gasteiger partial charge in [0.05, 0.1) is 11.6 Å². The van der Waals surface area contributed by atoms with Gasteiger partial charge in [-0.3, -0.25) is 4.21 Å². The molecule has 98 valence electrons. The van der Waals surface area contributed by atoms with Gasteiger partial charge in [0.2, 0.25) is 0 Å². The minimum atomic E-state index is -0.810. The molecule has 0 bridgehead atoms. The van der Waals surface area contributed by atoms with Gasteiger partial charge in [-0.25, -0.2) is 4.39 Å². The number of nitrogens with one attached hydrogen (secondary N) is 1. The summed E-state index contributed by atoms with van der Waals surface area (Å²) in [6.07, 6.45) is 2.50. The van der Waals surface area contributed by atoms with Gasteiger partial charge in [0, 0.05) is 28.9 Å². The Bertz CT molecular complexity index is 471. The molecule has 1 aromatic carbocycles. The zero-order chi connectivity index (χ0) is 13.5. The first kappa shape index (κ1) is 14.8. The van der Waals surface area contributed by atoms with Crippen molar-refractivity contribution >= 4 is 10.8 Å². The van der Waals surface area contributed by atoms with Crippen molar-refractivity contribution in [3.8, 4) is 6.07 Å². The second kappa shape index (κ2) is 7.24. The normalized spacial score (nSPS) is 13.9. The van der Waals surface area contributed by atoms with E-state index >= 15 is 0 Å². The van der Waals surface area contributed by atoms with Crippen LogP contribution in [0, 0.1) is 17.1 Å². The van der Waals surface area contributed by atoms with E-state index in [0.29, 0.717) is 12.1 Å². The monoisotopic (exact) mass is 268 g/mol. The largest absolute Gasteiger partial charge is 0.313 e. The van der Waals surface area contributed by atoms with Crippen molar-refractivity contribution in [2.75, 3.05) is 12.8 Å². The van der Waals surface area contributed by atoms with Crippen molar-refractivity contribution in [2.24, 2.45) is 0 Å². The Morgan fingerprint density at radius 2 is 2.22 bits per heavy atom. The predicted molar refractivity (Wildman–Crippen MR) is 71.0 cm³/mol. The van der Waals surface area contributed by atoms with E-state index in [1.807, 2.05) is 13.0 Å². The summed E-state index contributed by atoms with van der Waals surface area (Å²) in [4.78, 5) is 0. The smallest absolute Gasteiger partial charge is 0.124 e. The van der Waals surface area contributed by atoms with Gasteiger partial charge < -0.3 is 5.32 Å². The Balaban J connectivity index is 2.42. The van der Waals surface area contributed by atoms with Crippen LogP contribution in [0.5, 0.6) is 0 Å². The summed E-state index contributed by atoms with van der Waals surface area (Å²) in [5, 5.41) is 12.0. The van der Waals surface area contributed by atoms with Crippen LogP contribution < -0.4 is 5.32 Å². The van der Waals surface area contributed by atoms with E-state index in [-0.39, 0.29) is 5.25 Å². The predicted octanol–water partition coefficient (Wildman–Crippen LogP) is 1.94. The second-order valence-corrected chi connectivity index (χ2v) is 6.04. The Kier molecular flexibility index (Phi) is 5.96. The molecule has 0 aliphatic rings. The average molecular weight is 268 g/mol. The molecular formula is C13H17FN2OS. The summed E-state index contributed by atoms with van der Waals surface area (Å²) in [6, 6.07) is 6.21. The highest BCUT2D eigenvalue weighted by Crippen LogP contribution is 2.08. The van der Waals surface area contributed by atoms with Crippen LogP contribution in [0.25, 0.3) is 0 Å². The highest BCUT2D eigenvalue weighted by Gasteiger charge is 2.05. The number of nitriles is 1. The summed E-state index contributed by atoms with van der Waals surface area (Å²) in [5.41, 5.74) is 1.08. The molecule has 0 fully saturated rings. The minimum absolute atomic E-state index is 0.152. The first-order valence-electron chi connectivity index (χ1n) is 5.75. The first-order chi connectivity index (χ1) is 8.52. The molecule has 0 spiro atoms. The standard InChI is InChI=1S/C13H17FN2OS/c1-10(18(2)17)3-4-16-9-12-5-11(8-15)6-13(14)7-12/h5-7,10,16H,3-4,9H2,1-2H3. The molecule has 0 radical (unpaired) electrons. The van der Waals surface area contributed by atoms with Crippen LogP contribution in [0.1, 0.15) is 24.5 Å². The van der Waals surface area contributed by atoms with E-state index in [4.69, 9.17) is 5.26 Å². The van der Waals surface area contributed by atoms with Crippen molar-refractivity contribution in [3.05, 3.63) is 35.1 Å². The molecule has 5 heteroatoms. The average Bonchev–Trinajstić information content (AvgIpc) is 2.33. The van der Waals surface area contributed by atoms with Crippen LogP contribution in [0.15, 0.2) is 18.2 Å². The highest BCUT2D eigenvalue weighted by atomic mass is 32.2. The zero-order valence-corrected chi connectivity index (χ0v) is 11.4. The lowest BCUT2D eigenvalue weighted by Crippen LogP contribution is -2.21. The highest BCUT2D eigenvalue weighted by molar-refractivity contribution is 7.84. The molecule has 0 aliphatic carbocycles. The molecule has 2 atom stereocenters. The third kappa shape index (κ3) is 4.94. The maximum absolute atomic E-state index is 13.1. The first-order valence-corrected chi connectivity index (χ1v) is 7.37. The van der Waals surface area contributed by atoms with Gasteiger partial charge in [-0.2, -0.15) is 5.26 Å². The number of nitrogens with zero attached hydrogens (tertiary/aromatic N) is 1. The fraction of sp³-hybridized carbons (Fsp3) is 0.462. The van der Waals surface area contributed by atoms with Crippen LogP contribution in [-0.4, -0.2) is 22.3 Å². The van der Waals surface area contributed by atoms with Gasteiger partial charge in [-0.05, 0) is 36.7 Å². The molecule has 0 heterocycles. The van der Waals surface area contributed by atoms with Gasteiger partial charge in [-0.1, -0.05) is 6.92 Å². The van der Waals surface area contributed by atoms with Crippen molar-refractivity contribution in [1.29, 1.82) is 5.26 Å². The topological polar surface area (TPSA) is 52.9 Å². The van der Waals surface area contributed by atoms with Crippen LogP contribution in [0.3, 0.4) is 0 Å². The summed E-state index contributed by atoms with van der Waals surface area (Å²) < 4.78 is 24.3. The van der Waals surface area contributed by atoms with Gasteiger partial charge >= 0.3 is 0 Å². The van der Waals surface area contributed by atoms with Crippen LogP contribution in [0.4, 0.5) is 4.39 Å². The lowest BCUT2D eigenvalue weighted by molar-refractivity contribution is 0.611. The maximum Gasteiger partial charge on any atom is 0.124 e. The molecular weight excluding hydrogens is 251 g/mol. The molecule has 3 nitrogen and oxygen atoms in total. The lowest BCUT2D eigenvalue weighted by Gasteiger charge is -2.09. The number of halogens is 1. The molecule has 0 saturated heterocycles. The number of benzene rings is 1. The Morgan fingerprint density at radius 1 is 1.50 bits per heavy atom. The van der Waals surface area contributed by atoms with E-state index in [1.54, 1.807) is 12.3 Å². The molecule has 0 amide bonds. The van der Waals surface area contributed by atoms with Gasteiger partial charge in [0.1, 0.15) is 5.82 Å². The van der Waals surface area contributed by atoms with Gasteiger partial charge in [-0.15, -0.1) is 0 Å². The molecule has 0 saturated carbocycles. The summed E-state index contributed by atoms with van der Waals surface area (Å²) in [6.45, 7) is 3.17. The van der Waals surface area contributed by atoms with Crippen molar-refractivity contribution in [3.63, 3.8) is 0 Å². The van der Waals surface area contributed by atoms with Crippen molar-refractivity contribution in [1.82, 2.24) is 5.32 Å². The molecule has 0 aliphatic heterocycles. The van der Waals surface area contributed by atoms with E-state index in [2.05, 4.69) is 5.32 Å². The molecule has 2 unspecified atom stereocenters. The Morgan fingerprint density at radius 3 is 2.83 bits per heavy atom. The Labute approximate surface area is 109 Å². The number of hydrogen-bond donors (Lipinski definition) is 1. The fourth-order valence-electron chi connectivity index (χ4n) is 1.52. The van der Waals surface area contributed by atoms with Crippen LogP contribution in [0.2, 0.25) is 0 Å². The van der Waals surface area contributed by atoms with Crippen molar-refractivity contribution in [2.45, 2.75) is 25.1 Å². The molecule has 18 heavy (non-hydrogen) atoms. The van der Waals surface area contributed by atoms with Gasteiger partial charge in [0.25, 0.3) is 0 Å². The van der Waals surface area contributed by atoms with Gasteiger partial charge in [0.15, 0.2) is 0 Å².